The maximum Gasteiger partial charge on any atom is 0.0336 e. The Morgan fingerprint density at radius 1 is 0.522 bits per heavy atom. The van der Waals surface area contributed by atoms with Crippen molar-refractivity contribution in [2.75, 3.05) is 0 Å². The van der Waals surface area contributed by atoms with Crippen LogP contribution >= 0.6 is 34.8 Å². The molecule has 0 aromatic carbocycles. The smallest absolute Gasteiger partial charge is 0.0336 e. The first-order valence-corrected chi connectivity index (χ1v) is 11.3. The lowest BCUT2D eigenvalue weighted by atomic mass is 10.0. The Labute approximate surface area is 161 Å². The molecule has 0 rings (SSSR count). The predicted molar refractivity (Wildman–Crippen MR) is 110 cm³/mol. The lowest BCUT2D eigenvalue weighted by Gasteiger charge is -2.10. The Kier molecular flexibility index (Phi) is 18.4. The zero-order valence-electron chi connectivity index (χ0n) is 15.5. The van der Waals surface area contributed by atoms with Crippen molar-refractivity contribution < 1.29 is 0 Å². The summed E-state index contributed by atoms with van der Waals surface area (Å²) in [5.74, 6) is 0. The molecule has 0 bridgehead atoms. The molecule has 0 N–H and O–H groups in total. The third-order valence-electron chi connectivity index (χ3n) is 4.60. The van der Waals surface area contributed by atoms with Crippen molar-refractivity contribution in [3.63, 3.8) is 0 Å². The van der Waals surface area contributed by atoms with Crippen molar-refractivity contribution in [1.29, 1.82) is 0 Å². The minimum absolute atomic E-state index is 0.293. The van der Waals surface area contributed by atoms with Gasteiger partial charge >= 0.3 is 0 Å². The third kappa shape index (κ3) is 19.0. The monoisotopic (exact) mass is 384 g/mol. The fourth-order valence-electron chi connectivity index (χ4n) is 2.94. The van der Waals surface area contributed by atoms with Gasteiger partial charge in [0.25, 0.3) is 0 Å². The van der Waals surface area contributed by atoms with Crippen LogP contribution in [0, 0.1) is 0 Å². The summed E-state index contributed by atoms with van der Waals surface area (Å²) >= 11 is 18.4. The fourth-order valence-corrected chi connectivity index (χ4v) is 3.56. The molecule has 23 heavy (non-hydrogen) atoms. The van der Waals surface area contributed by atoms with E-state index >= 15 is 0 Å². The molecule has 3 unspecified atom stereocenters. The van der Waals surface area contributed by atoms with Crippen LogP contribution in [0.1, 0.15) is 110 Å². The molecule has 0 saturated heterocycles. The third-order valence-corrected chi connectivity index (χ3v) is 5.78. The van der Waals surface area contributed by atoms with E-state index in [-0.39, 0.29) is 0 Å². The molecule has 0 fully saturated rings. The van der Waals surface area contributed by atoms with Crippen molar-refractivity contribution in [3.05, 3.63) is 0 Å². The highest BCUT2D eigenvalue weighted by atomic mass is 35.5. The molecule has 0 nitrogen and oxygen atoms in total. The van der Waals surface area contributed by atoms with E-state index in [1.807, 2.05) is 0 Å². The van der Waals surface area contributed by atoms with Crippen molar-refractivity contribution >= 4 is 34.8 Å². The predicted octanol–water partition coefficient (Wildman–Crippen LogP) is 8.70. The Hall–Kier alpha value is 0.870. The van der Waals surface area contributed by atoms with E-state index in [0.29, 0.717) is 16.1 Å². The summed E-state index contributed by atoms with van der Waals surface area (Å²) in [4.78, 5) is 0. The van der Waals surface area contributed by atoms with Crippen LogP contribution in [0.15, 0.2) is 0 Å². The number of hydrogen-bond acceptors (Lipinski definition) is 0. The van der Waals surface area contributed by atoms with Gasteiger partial charge in [-0.05, 0) is 39.0 Å². The second-order valence-electron chi connectivity index (χ2n) is 7.07. The fraction of sp³-hybridized carbons (Fsp3) is 1.00. The lowest BCUT2D eigenvalue weighted by molar-refractivity contribution is 0.530. The van der Waals surface area contributed by atoms with Gasteiger partial charge in [0.1, 0.15) is 0 Å². The SMILES string of the molecule is CCC(Cl)CCCCCCCCCCCC(Cl)CCCC(C)Cl. The van der Waals surface area contributed by atoms with Crippen LogP contribution in [0.5, 0.6) is 0 Å². The number of unbranched alkanes of at least 4 members (excludes halogenated alkanes) is 8. The summed E-state index contributed by atoms with van der Waals surface area (Å²) in [6.45, 7) is 4.23. The quantitative estimate of drug-likeness (QED) is 0.173. The Bertz CT molecular complexity index is 231. The average Bonchev–Trinajstić information content (AvgIpc) is 2.51. The van der Waals surface area contributed by atoms with Gasteiger partial charge in [0.2, 0.25) is 0 Å². The minimum Gasteiger partial charge on any atom is -0.123 e. The van der Waals surface area contributed by atoms with Crippen molar-refractivity contribution in [2.45, 2.75) is 126 Å². The number of rotatable bonds is 17. The van der Waals surface area contributed by atoms with Crippen molar-refractivity contribution in [3.8, 4) is 0 Å². The summed E-state index contributed by atoms with van der Waals surface area (Å²) < 4.78 is 0. The Balaban J connectivity index is 3.15. The largest absolute Gasteiger partial charge is 0.123 e. The van der Waals surface area contributed by atoms with Gasteiger partial charge in [0.05, 0.1) is 0 Å². The summed E-state index contributed by atoms with van der Waals surface area (Å²) in [6, 6.07) is 0. The van der Waals surface area contributed by atoms with E-state index in [4.69, 9.17) is 34.8 Å². The molecular weight excluding hydrogens is 347 g/mol. The highest BCUT2D eigenvalue weighted by Crippen LogP contribution is 2.19. The van der Waals surface area contributed by atoms with Crippen LogP contribution in [0.2, 0.25) is 0 Å². The molecule has 0 saturated carbocycles. The van der Waals surface area contributed by atoms with Gasteiger partial charge in [0, 0.05) is 16.1 Å². The minimum atomic E-state index is 0.293. The second kappa shape index (κ2) is 17.7. The lowest BCUT2D eigenvalue weighted by Crippen LogP contribution is -2.00. The zero-order valence-corrected chi connectivity index (χ0v) is 17.7. The average molecular weight is 386 g/mol. The molecule has 0 amide bonds. The zero-order chi connectivity index (χ0) is 17.3. The molecule has 0 radical (unpaired) electrons. The van der Waals surface area contributed by atoms with E-state index < -0.39 is 0 Å². The van der Waals surface area contributed by atoms with E-state index in [0.717, 1.165) is 19.3 Å². The van der Waals surface area contributed by atoms with Gasteiger partial charge in [-0.2, -0.15) is 0 Å². The molecule has 0 aliphatic heterocycles. The molecule has 0 aromatic heterocycles. The molecule has 3 atom stereocenters. The van der Waals surface area contributed by atoms with Crippen LogP contribution in [0.3, 0.4) is 0 Å². The Morgan fingerprint density at radius 3 is 1.35 bits per heavy atom. The first-order chi connectivity index (χ1) is 11.1. The van der Waals surface area contributed by atoms with Gasteiger partial charge in [-0.3, -0.25) is 0 Å². The molecule has 140 valence electrons. The normalized spacial score (nSPS) is 15.5. The molecule has 0 aromatic rings. The molecule has 0 aliphatic rings. The van der Waals surface area contributed by atoms with Gasteiger partial charge in [-0.1, -0.05) is 71.1 Å². The molecule has 0 aliphatic carbocycles. The highest BCUT2D eigenvalue weighted by molar-refractivity contribution is 6.21. The van der Waals surface area contributed by atoms with Gasteiger partial charge in [-0.25, -0.2) is 0 Å². The molecular formula is C20H39Cl3. The van der Waals surface area contributed by atoms with Crippen molar-refractivity contribution in [2.24, 2.45) is 0 Å². The summed E-state index contributed by atoms with van der Waals surface area (Å²) in [5.41, 5.74) is 0. The van der Waals surface area contributed by atoms with E-state index in [9.17, 15) is 0 Å². The van der Waals surface area contributed by atoms with Crippen LogP contribution in [0.25, 0.3) is 0 Å². The van der Waals surface area contributed by atoms with Gasteiger partial charge < -0.3 is 0 Å². The van der Waals surface area contributed by atoms with E-state index in [2.05, 4.69) is 13.8 Å². The van der Waals surface area contributed by atoms with Crippen LogP contribution in [-0.2, 0) is 0 Å². The summed E-state index contributed by atoms with van der Waals surface area (Å²) in [5, 5.41) is 1.06. The topological polar surface area (TPSA) is 0 Å². The standard InChI is InChI=1S/C20H39Cl3/c1-3-19(22)15-11-9-7-5-4-6-8-10-12-16-20(23)17-13-14-18(2)21/h18-20H,3-17H2,1-2H3. The number of halogens is 3. The van der Waals surface area contributed by atoms with Gasteiger partial charge in [-0.15, -0.1) is 34.8 Å². The first-order valence-electron chi connectivity index (χ1n) is 9.98. The number of hydrogen-bond donors (Lipinski definition) is 0. The molecule has 0 spiro atoms. The van der Waals surface area contributed by atoms with Crippen LogP contribution < -0.4 is 0 Å². The van der Waals surface area contributed by atoms with Crippen molar-refractivity contribution in [1.82, 2.24) is 0 Å². The van der Waals surface area contributed by atoms with Gasteiger partial charge in [0.15, 0.2) is 0 Å². The highest BCUT2D eigenvalue weighted by Gasteiger charge is 2.05. The van der Waals surface area contributed by atoms with Crippen LogP contribution in [0.4, 0.5) is 0 Å². The van der Waals surface area contributed by atoms with Crippen LogP contribution in [-0.4, -0.2) is 16.1 Å². The Morgan fingerprint density at radius 2 is 0.913 bits per heavy atom. The maximum absolute atomic E-state index is 6.36. The summed E-state index contributed by atoms with van der Waals surface area (Å²) in [6.07, 6.45) is 19.1. The first kappa shape index (κ1) is 23.9. The summed E-state index contributed by atoms with van der Waals surface area (Å²) in [7, 11) is 0. The molecule has 0 heterocycles. The maximum atomic E-state index is 6.36. The molecule has 3 heteroatoms. The van der Waals surface area contributed by atoms with E-state index in [1.165, 1.54) is 77.0 Å². The van der Waals surface area contributed by atoms with E-state index in [1.54, 1.807) is 0 Å². The number of alkyl halides is 3. The second-order valence-corrected chi connectivity index (χ2v) is 9.05.